The normalized spacial score (nSPS) is 10.6. The summed E-state index contributed by atoms with van der Waals surface area (Å²) in [7, 11) is 0. The molecule has 0 bridgehead atoms. The summed E-state index contributed by atoms with van der Waals surface area (Å²) in [5.74, 6) is -1.72. The average Bonchev–Trinajstić information content (AvgIpc) is 2.30. The van der Waals surface area contributed by atoms with E-state index < -0.39 is 11.6 Å². The van der Waals surface area contributed by atoms with Gasteiger partial charge in [0.2, 0.25) is 0 Å². The minimum absolute atomic E-state index is 0.0561. The van der Waals surface area contributed by atoms with Crippen molar-refractivity contribution in [2.45, 2.75) is 6.92 Å². The summed E-state index contributed by atoms with van der Waals surface area (Å²) in [6.07, 6.45) is 1.35. The number of nitrogens with zero attached hydrogens (tertiary/aromatic N) is 1. The van der Waals surface area contributed by atoms with E-state index in [-0.39, 0.29) is 22.5 Å². The van der Waals surface area contributed by atoms with Gasteiger partial charge in [-0.15, -0.1) is 0 Å². The van der Waals surface area contributed by atoms with Gasteiger partial charge >= 0.3 is 0 Å². The Bertz CT molecular complexity index is 585. The molecule has 1 aromatic heterocycles. The summed E-state index contributed by atoms with van der Waals surface area (Å²) in [6.45, 7) is 1.49. The van der Waals surface area contributed by atoms with Crippen LogP contribution in [-0.4, -0.2) is 4.98 Å². The predicted molar refractivity (Wildman–Crippen MR) is 63.7 cm³/mol. The first-order valence-electron chi connectivity index (χ1n) is 4.86. The van der Waals surface area contributed by atoms with Crippen LogP contribution >= 0.6 is 11.6 Å². The van der Waals surface area contributed by atoms with Gasteiger partial charge in [0, 0.05) is 17.3 Å². The summed E-state index contributed by atoms with van der Waals surface area (Å²) >= 11 is 5.76. The summed E-state index contributed by atoms with van der Waals surface area (Å²) in [6, 6.07) is 4.39. The maximum atomic E-state index is 13.8. The smallest absolute Gasteiger partial charge is 0.167 e. The zero-order chi connectivity index (χ0) is 12.6. The van der Waals surface area contributed by atoms with Gasteiger partial charge in [-0.05, 0) is 18.6 Å². The highest BCUT2D eigenvalue weighted by molar-refractivity contribution is 6.30. The van der Waals surface area contributed by atoms with E-state index in [4.69, 9.17) is 17.3 Å². The van der Waals surface area contributed by atoms with Crippen LogP contribution in [0.1, 0.15) is 5.56 Å². The molecule has 2 aromatic rings. The molecule has 2 N–H and O–H groups in total. The second-order valence-electron chi connectivity index (χ2n) is 3.64. The lowest BCUT2D eigenvalue weighted by Crippen LogP contribution is -1.98. The van der Waals surface area contributed by atoms with Gasteiger partial charge in [-0.1, -0.05) is 23.7 Å². The number of pyridine rings is 1. The monoisotopic (exact) mass is 254 g/mol. The molecule has 2 rings (SSSR count). The number of aryl methyl sites for hydroxylation is 1. The van der Waals surface area contributed by atoms with Gasteiger partial charge in [-0.3, -0.25) is 0 Å². The largest absolute Gasteiger partial charge is 0.383 e. The third-order valence-electron chi connectivity index (χ3n) is 2.45. The van der Waals surface area contributed by atoms with Crippen molar-refractivity contribution in [1.82, 2.24) is 4.98 Å². The third kappa shape index (κ3) is 2.08. The fraction of sp³-hybridized carbons (Fsp3) is 0.0833. The lowest BCUT2D eigenvalue weighted by molar-refractivity contribution is 0.505. The Morgan fingerprint density at radius 1 is 1.18 bits per heavy atom. The second kappa shape index (κ2) is 4.30. The van der Waals surface area contributed by atoms with E-state index in [1.807, 2.05) is 0 Å². The number of rotatable bonds is 1. The quantitative estimate of drug-likeness (QED) is 0.845. The number of benzene rings is 1. The summed E-state index contributed by atoms with van der Waals surface area (Å²) in [5.41, 5.74) is 6.20. The molecule has 0 atom stereocenters. The van der Waals surface area contributed by atoms with E-state index in [1.54, 1.807) is 0 Å². The van der Waals surface area contributed by atoms with Crippen LogP contribution in [0.2, 0.25) is 5.02 Å². The molecule has 0 spiro atoms. The van der Waals surface area contributed by atoms with Gasteiger partial charge in [0.05, 0.1) is 5.02 Å². The van der Waals surface area contributed by atoms with E-state index in [9.17, 15) is 8.78 Å². The molecule has 0 aliphatic carbocycles. The Morgan fingerprint density at radius 2 is 1.88 bits per heavy atom. The van der Waals surface area contributed by atoms with Gasteiger partial charge in [0.15, 0.2) is 11.6 Å². The fourth-order valence-corrected chi connectivity index (χ4v) is 1.68. The molecule has 0 unspecified atom stereocenters. The van der Waals surface area contributed by atoms with Crippen molar-refractivity contribution < 1.29 is 8.78 Å². The first-order valence-corrected chi connectivity index (χ1v) is 5.24. The molecule has 0 amide bonds. The Hall–Kier alpha value is -1.68. The van der Waals surface area contributed by atoms with Crippen molar-refractivity contribution in [2.75, 3.05) is 5.73 Å². The highest BCUT2D eigenvalue weighted by Gasteiger charge is 2.15. The van der Waals surface area contributed by atoms with E-state index >= 15 is 0 Å². The standard InChI is InChI=1S/C12H9ClF2N2/c1-6-2-3-8(11(15)10(6)14)9-4-7(13)5-17-12(9)16/h2-5H,1H3,(H2,16,17). The third-order valence-corrected chi connectivity index (χ3v) is 2.66. The SMILES string of the molecule is Cc1ccc(-c2cc(Cl)cnc2N)c(F)c1F. The van der Waals surface area contributed by atoms with Crippen molar-refractivity contribution >= 4 is 17.4 Å². The molecule has 0 saturated heterocycles. The lowest BCUT2D eigenvalue weighted by Gasteiger charge is -2.08. The zero-order valence-electron chi connectivity index (χ0n) is 8.97. The van der Waals surface area contributed by atoms with E-state index in [0.29, 0.717) is 5.02 Å². The maximum Gasteiger partial charge on any atom is 0.167 e. The summed E-state index contributed by atoms with van der Waals surface area (Å²) in [5, 5.41) is 0.314. The molecular weight excluding hydrogens is 246 g/mol. The number of hydrogen-bond donors (Lipinski definition) is 1. The topological polar surface area (TPSA) is 38.9 Å². The summed E-state index contributed by atoms with van der Waals surface area (Å²) in [4.78, 5) is 3.80. The molecule has 1 aromatic carbocycles. The molecule has 1 heterocycles. The van der Waals surface area contributed by atoms with Crippen molar-refractivity contribution in [3.63, 3.8) is 0 Å². The number of hydrogen-bond acceptors (Lipinski definition) is 2. The van der Waals surface area contributed by atoms with Crippen LogP contribution in [0, 0.1) is 18.6 Å². The van der Waals surface area contributed by atoms with Gasteiger partial charge in [0.1, 0.15) is 5.82 Å². The molecule has 0 aliphatic rings. The first-order chi connectivity index (χ1) is 8.00. The summed E-state index contributed by atoms with van der Waals surface area (Å²) < 4.78 is 27.2. The van der Waals surface area contributed by atoms with Gasteiger partial charge in [-0.25, -0.2) is 13.8 Å². The molecule has 0 radical (unpaired) electrons. The predicted octanol–water partition coefficient (Wildman–Crippen LogP) is 3.57. The van der Waals surface area contributed by atoms with Gasteiger partial charge in [0.25, 0.3) is 0 Å². The van der Waals surface area contributed by atoms with Crippen LogP contribution in [0.25, 0.3) is 11.1 Å². The molecule has 2 nitrogen and oxygen atoms in total. The number of nitrogen functional groups attached to an aromatic ring is 1. The van der Waals surface area contributed by atoms with E-state index in [2.05, 4.69) is 4.98 Å². The Labute approximate surface area is 102 Å². The van der Waals surface area contributed by atoms with Crippen LogP contribution in [0.5, 0.6) is 0 Å². The molecular formula is C12H9ClF2N2. The lowest BCUT2D eigenvalue weighted by atomic mass is 10.0. The van der Waals surface area contributed by atoms with Crippen LogP contribution < -0.4 is 5.73 Å². The number of nitrogens with two attached hydrogens (primary N) is 1. The molecule has 88 valence electrons. The fourth-order valence-electron chi connectivity index (χ4n) is 1.52. The number of halogens is 3. The minimum atomic E-state index is -0.944. The molecule has 5 heteroatoms. The van der Waals surface area contributed by atoms with Crippen LogP contribution in [0.4, 0.5) is 14.6 Å². The Kier molecular flexibility index (Phi) is 2.98. The van der Waals surface area contributed by atoms with Crippen LogP contribution in [-0.2, 0) is 0 Å². The van der Waals surface area contributed by atoms with Crippen molar-refractivity contribution in [3.05, 3.63) is 46.6 Å². The Balaban J connectivity index is 2.69. The number of aromatic nitrogens is 1. The van der Waals surface area contributed by atoms with Crippen LogP contribution in [0.15, 0.2) is 24.4 Å². The molecule has 17 heavy (non-hydrogen) atoms. The minimum Gasteiger partial charge on any atom is -0.383 e. The van der Waals surface area contributed by atoms with Crippen molar-refractivity contribution in [3.8, 4) is 11.1 Å². The van der Waals surface area contributed by atoms with E-state index in [0.717, 1.165) is 0 Å². The van der Waals surface area contributed by atoms with Gasteiger partial charge in [-0.2, -0.15) is 0 Å². The van der Waals surface area contributed by atoms with Crippen molar-refractivity contribution in [2.24, 2.45) is 0 Å². The second-order valence-corrected chi connectivity index (χ2v) is 4.08. The first kappa shape index (κ1) is 11.8. The average molecular weight is 255 g/mol. The Morgan fingerprint density at radius 3 is 2.59 bits per heavy atom. The molecule has 0 fully saturated rings. The van der Waals surface area contributed by atoms with E-state index in [1.165, 1.54) is 31.3 Å². The maximum absolute atomic E-state index is 13.8. The highest BCUT2D eigenvalue weighted by Crippen LogP contribution is 2.31. The highest BCUT2D eigenvalue weighted by atomic mass is 35.5. The zero-order valence-corrected chi connectivity index (χ0v) is 9.72. The van der Waals surface area contributed by atoms with Crippen LogP contribution in [0.3, 0.4) is 0 Å². The van der Waals surface area contributed by atoms with Gasteiger partial charge < -0.3 is 5.73 Å². The number of anilines is 1. The van der Waals surface area contributed by atoms with Crippen molar-refractivity contribution in [1.29, 1.82) is 0 Å². The molecule has 0 saturated carbocycles. The molecule has 0 aliphatic heterocycles.